The van der Waals surface area contributed by atoms with Crippen molar-refractivity contribution in [2.24, 2.45) is 0 Å². The number of hydrogen-bond acceptors (Lipinski definition) is 3. The molecule has 1 heterocycles. The summed E-state index contributed by atoms with van der Waals surface area (Å²) in [5.41, 5.74) is 1.22. The van der Waals surface area contributed by atoms with E-state index in [2.05, 4.69) is 5.32 Å². The molecule has 0 aliphatic carbocycles. The van der Waals surface area contributed by atoms with Crippen molar-refractivity contribution in [3.8, 4) is 0 Å². The maximum absolute atomic E-state index is 13.7. The van der Waals surface area contributed by atoms with Crippen LogP contribution in [0.3, 0.4) is 0 Å². The van der Waals surface area contributed by atoms with Crippen LogP contribution in [-0.4, -0.2) is 25.2 Å². The molecule has 3 rings (SSSR count). The van der Waals surface area contributed by atoms with E-state index in [1.807, 2.05) is 0 Å². The molecule has 1 fully saturated rings. The van der Waals surface area contributed by atoms with Gasteiger partial charge >= 0.3 is 0 Å². The lowest BCUT2D eigenvalue weighted by atomic mass is 10.0. The molecular weight excluding hydrogens is 367 g/mol. The molecule has 7 heteroatoms. The van der Waals surface area contributed by atoms with Crippen molar-refractivity contribution in [2.45, 2.75) is 43.5 Å². The smallest absolute Gasteiger partial charge is 0.243 e. The summed E-state index contributed by atoms with van der Waals surface area (Å²) in [5, 5.41) is 2.62. The maximum Gasteiger partial charge on any atom is 0.243 e. The van der Waals surface area contributed by atoms with Crippen LogP contribution in [0.1, 0.15) is 44.2 Å². The molecule has 1 aliphatic rings. The molecule has 2 aromatic rings. The Labute approximate surface area is 159 Å². The van der Waals surface area contributed by atoms with Crippen molar-refractivity contribution < 1.29 is 17.6 Å². The molecule has 1 N–H and O–H groups in total. The van der Waals surface area contributed by atoms with Gasteiger partial charge < -0.3 is 5.32 Å². The summed E-state index contributed by atoms with van der Waals surface area (Å²) in [6, 6.07) is 11.9. The van der Waals surface area contributed by atoms with Crippen LogP contribution in [0.2, 0.25) is 0 Å². The van der Waals surface area contributed by atoms with Crippen LogP contribution >= 0.6 is 0 Å². The Hall–Kier alpha value is -2.25. The lowest BCUT2D eigenvalue weighted by Gasteiger charge is -2.29. The van der Waals surface area contributed by atoms with E-state index >= 15 is 0 Å². The average Bonchev–Trinajstić information content (AvgIpc) is 2.88. The molecule has 0 aromatic heterocycles. The Morgan fingerprint density at radius 2 is 1.85 bits per heavy atom. The maximum atomic E-state index is 13.7. The zero-order valence-electron chi connectivity index (χ0n) is 15.2. The molecule has 0 saturated carbocycles. The van der Waals surface area contributed by atoms with Gasteiger partial charge in [0.25, 0.3) is 0 Å². The molecule has 1 amide bonds. The van der Waals surface area contributed by atoms with Gasteiger partial charge in [0.05, 0.1) is 10.9 Å². The number of amides is 1. The van der Waals surface area contributed by atoms with Gasteiger partial charge in [0.15, 0.2) is 0 Å². The number of rotatable bonds is 4. The molecule has 27 heavy (non-hydrogen) atoms. The second-order valence-electron chi connectivity index (χ2n) is 6.74. The first-order chi connectivity index (χ1) is 12.9. The molecule has 1 unspecified atom stereocenters. The average molecular weight is 390 g/mol. The molecule has 2 aromatic carbocycles. The van der Waals surface area contributed by atoms with Crippen LogP contribution in [-0.2, 0) is 14.8 Å². The third-order valence-electron chi connectivity index (χ3n) is 4.72. The van der Waals surface area contributed by atoms with E-state index in [1.165, 1.54) is 35.5 Å². The highest BCUT2D eigenvalue weighted by Gasteiger charge is 2.33. The van der Waals surface area contributed by atoms with Crippen molar-refractivity contribution in [1.29, 1.82) is 0 Å². The number of halogens is 1. The summed E-state index contributed by atoms with van der Waals surface area (Å²) in [6.07, 6.45) is 3.27. The molecule has 0 radical (unpaired) electrons. The first-order valence-electron chi connectivity index (χ1n) is 9.03. The van der Waals surface area contributed by atoms with E-state index in [9.17, 15) is 17.6 Å². The van der Waals surface area contributed by atoms with Gasteiger partial charge in [0, 0.05) is 19.2 Å². The first kappa shape index (κ1) is 19.5. The van der Waals surface area contributed by atoms with Crippen molar-refractivity contribution in [3.63, 3.8) is 0 Å². The highest BCUT2D eigenvalue weighted by molar-refractivity contribution is 7.89. The summed E-state index contributed by atoms with van der Waals surface area (Å²) in [7, 11) is -3.74. The zero-order chi connectivity index (χ0) is 19.4. The predicted molar refractivity (Wildman–Crippen MR) is 102 cm³/mol. The van der Waals surface area contributed by atoms with E-state index in [0.29, 0.717) is 24.2 Å². The van der Waals surface area contributed by atoms with E-state index in [4.69, 9.17) is 0 Å². The highest BCUT2D eigenvalue weighted by atomic mass is 32.2. The van der Waals surface area contributed by atoms with Crippen LogP contribution in [0.15, 0.2) is 53.4 Å². The Balaban J connectivity index is 1.95. The van der Waals surface area contributed by atoms with Crippen LogP contribution in [0.4, 0.5) is 10.1 Å². The number of carbonyl (C=O) groups is 1. The molecule has 1 atom stereocenters. The van der Waals surface area contributed by atoms with Gasteiger partial charge in [-0.05, 0) is 54.8 Å². The lowest BCUT2D eigenvalue weighted by Crippen LogP contribution is -2.34. The monoisotopic (exact) mass is 390 g/mol. The summed E-state index contributed by atoms with van der Waals surface area (Å²) >= 11 is 0. The Bertz CT molecular complexity index is 913. The topological polar surface area (TPSA) is 66.5 Å². The molecule has 0 bridgehead atoms. The molecular formula is C20H23FN2O3S. The second kappa shape index (κ2) is 8.19. The normalized spacial score (nSPS) is 18.7. The SMILES string of the molecule is CC(=O)Nc1ccc(S(=O)(=O)N2CCCCCC2c2cccc(F)c2)cc1. The third kappa shape index (κ3) is 4.54. The van der Waals surface area contributed by atoms with Gasteiger partial charge in [-0.15, -0.1) is 0 Å². The first-order valence-corrected chi connectivity index (χ1v) is 10.5. The summed E-state index contributed by atoms with van der Waals surface area (Å²) < 4.78 is 41.8. The molecule has 144 valence electrons. The number of hydrogen-bond donors (Lipinski definition) is 1. The fraction of sp³-hybridized carbons (Fsp3) is 0.350. The summed E-state index contributed by atoms with van der Waals surface area (Å²) in [5.74, 6) is -0.585. The summed E-state index contributed by atoms with van der Waals surface area (Å²) in [6.45, 7) is 1.79. The quantitative estimate of drug-likeness (QED) is 0.855. The minimum atomic E-state index is -3.74. The fourth-order valence-corrected chi connectivity index (χ4v) is 5.15. The molecule has 1 saturated heterocycles. The summed E-state index contributed by atoms with van der Waals surface area (Å²) in [4.78, 5) is 11.3. The van der Waals surface area contributed by atoms with Gasteiger partial charge in [-0.3, -0.25) is 4.79 Å². The van der Waals surface area contributed by atoms with Gasteiger partial charge in [0.2, 0.25) is 15.9 Å². The van der Waals surface area contributed by atoms with Gasteiger partial charge in [-0.25, -0.2) is 12.8 Å². The number of carbonyl (C=O) groups excluding carboxylic acids is 1. The van der Waals surface area contributed by atoms with Gasteiger partial charge in [-0.2, -0.15) is 4.31 Å². The zero-order valence-corrected chi connectivity index (χ0v) is 16.0. The second-order valence-corrected chi connectivity index (χ2v) is 8.63. The highest BCUT2D eigenvalue weighted by Crippen LogP contribution is 2.35. The third-order valence-corrected chi connectivity index (χ3v) is 6.64. The Morgan fingerprint density at radius 3 is 2.52 bits per heavy atom. The largest absolute Gasteiger partial charge is 0.326 e. The molecule has 1 aliphatic heterocycles. The number of anilines is 1. The van der Waals surface area contributed by atoms with Crippen molar-refractivity contribution in [3.05, 3.63) is 59.9 Å². The van der Waals surface area contributed by atoms with Crippen LogP contribution in [0.25, 0.3) is 0 Å². The van der Waals surface area contributed by atoms with Crippen molar-refractivity contribution in [1.82, 2.24) is 4.31 Å². The van der Waals surface area contributed by atoms with Gasteiger partial charge in [0.1, 0.15) is 5.82 Å². The van der Waals surface area contributed by atoms with E-state index in [0.717, 1.165) is 19.3 Å². The van der Waals surface area contributed by atoms with Crippen LogP contribution in [0.5, 0.6) is 0 Å². The number of sulfonamides is 1. The van der Waals surface area contributed by atoms with Crippen molar-refractivity contribution in [2.75, 3.05) is 11.9 Å². The van der Waals surface area contributed by atoms with Crippen molar-refractivity contribution >= 4 is 21.6 Å². The van der Waals surface area contributed by atoms with E-state index in [1.54, 1.807) is 24.3 Å². The Morgan fingerprint density at radius 1 is 1.11 bits per heavy atom. The lowest BCUT2D eigenvalue weighted by molar-refractivity contribution is -0.114. The van der Waals surface area contributed by atoms with E-state index in [-0.39, 0.29) is 22.7 Å². The van der Waals surface area contributed by atoms with Gasteiger partial charge in [-0.1, -0.05) is 25.0 Å². The standard InChI is InChI=1S/C20H23FN2O3S/c1-15(24)22-18-9-11-19(12-10-18)27(25,26)23-13-4-2-3-8-20(23)16-6-5-7-17(21)14-16/h5-7,9-12,14,20H,2-4,8,13H2,1H3,(H,22,24). The van der Waals surface area contributed by atoms with Crippen LogP contribution < -0.4 is 5.32 Å². The van der Waals surface area contributed by atoms with E-state index < -0.39 is 10.0 Å². The minimum Gasteiger partial charge on any atom is -0.326 e. The number of benzene rings is 2. The fourth-order valence-electron chi connectivity index (χ4n) is 3.47. The number of nitrogens with zero attached hydrogens (tertiary/aromatic N) is 1. The van der Waals surface area contributed by atoms with Crippen LogP contribution in [0, 0.1) is 5.82 Å². The predicted octanol–water partition coefficient (Wildman–Crippen LogP) is 4.09. The number of nitrogens with one attached hydrogen (secondary N) is 1. The minimum absolute atomic E-state index is 0.167. The molecule has 0 spiro atoms. The molecule has 5 nitrogen and oxygen atoms in total. The Kier molecular flexibility index (Phi) is 5.92.